The first-order valence-electron chi connectivity index (χ1n) is 14.3. The van der Waals surface area contributed by atoms with Gasteiger partial charge >= 0.3 is 0 Å². The van der Waals surface area contributed by atoms with Crippen LogP contribution in [0.1, 0.15) is 73.4 Å². The molecule has 0 atom stereocenters. The summed E-state index contributed by atoms with van der Waals surface area (Å²) in [5, 5.41) is 5.96. The van der Waals surface area contributed by atoms with Gasteiger partial charge in [0, 0.05) is 37.4 Å². The summed E-state index contributed by atoms with van der Waals surface area (Å²) in [4.78, 5) is 28.2. The monoisotopic (exact) mass is 529 g/mol. The van der Waals surface area contributed by atoms with Crippen LogP contribution in [0.5, 0.6) is 0 Å². The van der Waals surface area contributed by atoms with E-state index in [0.29, 0.717) is 30.1 Å². The Morgan fingerprint density at radius 1 is 0.897 bits per heavy atom. The maximum Gasteiger partial charge on any atom is 0.253 e. The molecule has 1 aliphatic heterocycles. The summed E-state index contributed by atoms with van der Waals surface area (Å²) in [7, 11) is 0. The van der Waals surface area contributed by atoms with Crippen molar-refractivity contribution in [2.75, 3.05) is 23.3 Å². The smallest absolute Gasteiger partial charge is 0.253 e. The Kier molecular flexibility index (Phi) is 10.5. The molecular formula is C33H40FN3O2. The Morgan fingerprint density at radius 2 is 1.64 bits per heavy atom. The van der Waals surface area contributed by atoms with Crippen molar-refractivity contribution in [2.45, 2.75) is 64.8 Å². The summed E-state index contributed by atoms with van der Waals surface area (Å²) in [6.07, 6.45) is 7.82. The number of anilines is 2. The number of rotatable bonds is 12. The summed E-state index contributed by atoms with van der Waals surface area (Å²) in [6.45, 7) is 4.19. The number of benzene rings is 3. The second kappa shape index (κ2) is 14.5. The fraction of sp³-hybridized carbons (Fsp3) is 0.394. The van der Waals surface area contributed by atoms with Gasteiger partial charge in [-0.15, -0.1) is 0 Å². The van der Waals surface area contributed by atoms with Crippen molar-refractivity contribution in [3.63, 3.8) is 0 Å². The normalized spacial score (nSPS) is 13.7. The second-order valence-corrected chi connectivity index (χ2v) is 10.5. The molecule has 206 valence electrons. The van der Waals surface area contributed by atoms with Crippen molar-refractivity contribution < 1.29 is 14.0 Å². The second-order valence-electron chi connectivity index (χ2n) is 10.5. The first-order chi connectivity index (χ1) is 19.0. The SMILES string of the molecule is CCCCCCC(=O)Nc1ccc(N2CCC(Cc3ccccc3)CC2)c(C(=O)NCc2ccc(F)cc2)c1. The van der Waals surface area contributed by atoms with Crippen LogP contribution in [0.3, 0.4) is 0 Å². The van der Waals surface area contributed by atoms with Crippen molar-refractivity contribution in [3.05, 3.63) is 95.3 Å². The van der Waals surface area contributed by atoms with Gasteiger partial charge in [0.15, 0.2) is 0 Å². The van der Waals surface area contributed by atoms with Gasteiger partial charge in [0.1, 0.15) is 5.82 Å². The third-order valence-corrected chi connectivity index (χ3v) is 7.47. The first-order valence-corrected chi connectivity index (χ1v) is 14.3. The van der Waals surface area contributed by atoms with E-state index in [4.69, 9.17) is 0 Å². The first kappa shape index (κ1) is 28.3. The highest BCUT2D eigenvalue weighted by Gasteiger charge is 2.24. The maximum atomic E-state index is 13.4. The van der Waals surface area contributed by atoms with Gasteiger partial charge < -0.3 is 15.5 Å². The third-order valence-electron chi connectivity index (χ3n) is 7.47. The predicted octanol–water partition coefficient (Wildman–Crippen LogP) is 7.12. The van der Waals surface area contributed by atoms with Gasteiger partial charge in [-0.05, 0) is 73.1 Å². The molecule has 0 spiro atoms. The summed E-state index contributed by atoms with van der Waals surface area (Å²) >= 11 is 0. The van der Waals surface area contributed by atoms with E-state index >= 15 is 0 Å². The summed E-state index contributed by atoms with van der Waals surface area (Å²) in [5.41, 5.74) is 4.24. The molecule has 5 nitrogen and oxygen atoms in total. The summed E-state index contributed by atoms with van der Waals surface area (Å²) in [6, 6.07) is 22.4. The van der Waals surface area contributed by atoms with E-state index in [0.717, 1.165) is 69.3 Å². The summed E-state index contributed by atoms with van der Waals surface area (Å²) in [5.74, 6) is 0.0740. The van der Waals surface area contributed by atoms with E-state index in [1.807, 2.05) is 18.2 Å². The van der Waals surface area contributed by atoms with Crippen molar-refractivity contribution >= 4 is 23.2 Å². The molecular weight excluding hydrogens is 489 g/mol. The molecule has 1 fully saturated rings. The van der Waals surface area contributed by atoms with E-state index in [1.165, 1.54) is 17.7 Å². The minimum absolute atomic E-state index is 0.0294. The zero-order chi connectivity index (χ0) is 27.5. The van der Waals surface area contributed by atoms with Crippen LogP contribution in [0, 0.1) is 11.7 Å². The number of unbranched alkanes of at least 4 members (excludes halogenated alkanes) is 3. The zero-order valence-electron chi connectivity index (χ0n) is 22.9. The standard InChI is InChI=1S/C33H40FN3O2/c1-2-3-4-8-11-32(38)36-29-16-17-31(30(23-29)33(39)35-24-27-12-14-28(34)15-13-27)37-20-18-26(19-21-37)22-25-9-6-5-7-10-25/h5-7,9-10,12-17,23,26H,2-4,8,11,18-22,24H2,1H3,(H,35,39)(H,36,38). The molecule has 0 unspecified atom stereocenters. The van der Waals surface area contributed by atoms with Gasteiger partial charge in [-0.1, -0.05) is 68.7 Å². The average Bonchev–Trinajstić information content (AvgIpc) is 2.96. The largest absolute Gasteiger partial charge is 0.371 e. The molecule has 0 aliphatic carbocycles. The molecule has 1 aliphatic rings. The van der Waals surface area contributed by atoms with Crippen LogP contribution in [0.25, 0.3) is 0 Å². The molecule has 3 aromatic rings. The topological polar surface area (TPSA) is 61.4 Å². The molecule has 0 aromatic heterocycles. The van der Waals surface area contributed by atoms with E-state index in [1.54, 1.807) is 18.2 Å². The van der Waals surface area contributed by atoms with Crippen molar-refractivity contribution in [1.82, 2.24) is 5.32 Å². The van der Waals surface area contributed by atoms with Gasteiger partial charge in [0.25, 0.3) is 5.91 Å². The lowest BCUT2D eigenvalue weighted by molar-refractivity contribution is -0.116. The Balaban J connectivity index is 1.44. The van der Waals surface area contributed by atoms with Gasteiger partial charge in [-0.25, -0.2) is 4.39 Å². The molecule has 2 amide bonds. The number of amides is 2. The van der Waals surface area contributed by atoms with Gasteiger partial charge in [0.2, 0.25) is 5.91 Å². The van der Waals surface area contributed by atoms with Gasteiger partial charge in [0.05, 0.1) is 5.56 Å². The fourth-order valence-electron chi connectivity index (χ4n) is 5.21. The quantitative estimate of drug-likeness (QED) is 0.246. The van der Waals surface area contributed by atoms with Crippen LogP contribution in [0.2, 0.25) is 0 Å². The lowest BCUT2D eigenvalue weighted by atomic mass is 9.89. The third kappa shape index (κ3) is 8.67. The number of carbonyl (C=O) groups is 2. The molecule has 1 heterocycles. The summed E-state index contributed by atoms with van der Waals surface area (Å²) < 4.78 is 13.3. The molecule has 0 radical (unpaired) electrons. The fourth-order valence-corrected chi connectivity index (χ4v) is 5.21. The predicted molar refractivity (Wildman–Crippen MR) is 156 cm³/mol. The van der Waals surface area contributed by atoms with Crippen molar-refractivity contribution in [3.8, 4) is 0 Å². The molecule has 1 saturated heterocycles. The van der Waals surface area contributed by atoms with Crippen molar-refractivity contribution in [1.29, 1.82) is 0 Å². The van der Waals surface area contributed by atoms with Crippen LogP contribution >= 0.6 is 0 Å². The highest BCUT2D eigenvalue weighted by molar-refractivity contribution is 6.02. The number of halogens is 1. The Bertz CT molecular complexity index is 1210. The molecule has 3 aromatic carbocycles. The highest BCUT2D eigenvalue weighted by Crippen LogP contribution is 2.30. The van der Waals surface area contributed by atoms with Gasteiger partial charge in [-0.3, -0.25) is 9.59 Å². The van der Waals surface area contributed by atoms with Crippen LogP contribution in [-0.4, -0.2) is 24.9 Å². The Morgan fingerprint density at radius 3 is 2.36 bits per heavy atom. The zero-order valence-corrected chi connectivity index (χ0v) is 22.9. The minimum Gasteiger partial charge on any atom is -0.371 e. The lowest BCUT2D eigenvalue weighted by Gasteiger charge is -2.35. The van der Waals surface area contributed by atoms with E-state index in [9.17, 15) is 14.0 Å². The number of piperidine rings is 1. The van der Waals surface area contributed by atoms with E-state index in [2.05, 4.69) is 46.7 Å². The highest BCUT2D eigenvalue weighted by atomic mass is 19.1. The van der Waals surface area contributed by atoms with Crippen molar-refractivity contribution in [2.24, 2.45) is 5.92 Å². The molecule has 0 bridgehead atoms. The van der Waals surface area contributed by atoms with E-state index < -0.39 is 0 Å². The molecule has 4 rings (SSSR count). The van der Waals surface area contributed by atoms with Crippen LogP contribution < -0.4 is 15.5 Å². The van der Waals surface area contributed by atoms with Crippen LogP contribution in [0.15, 0.2) is 72.8 Å². The Labute approximate surface area is 231 Å². The molecule has 0 saturated carbocycles. The lowest BCUT2D eigenvalue weighted by Crippen LogP contribution is -2.36. The average molecular weight is 530 g/mol. The van der Waals surface area contributed by atoms with E-state index in [-0.39, 0.29) is 17.6 Å². The number of nitrogens with zero attached hydrogens (tertiary/aromatic N) is 1. The minimum atomic E-state index is -0.304. The van der Waals surface area contributed by atoms with Crippen LogP contribution in [0.4, 0.5) is 15.8 Å². The Hall–Kier alpha value is -3.67. The van der Waals surface area contributed by atoms with Crippen LogP contribution in [-0.2, 0) is 17.8 Å². The molecule has 2 N–H and O–H groups in total. The number of nitrogens with one attached hydrogen (secondary N) is 2. The molecule has 6 heteroatoms. The maximum absolute atomic E-state index is 13.4. The molecule has 39 heavy (non-hydrogen) atoms. The number of hydrogen-bond donors (Lipinski definition) is 2. The number of hydrogen-bond acceptors (Lipinski definition) is 3. The number of carbonyl (C=O) groups excluding carboxylic acids is 2. The van der Waals surface area contributed by atoms with Gasteiger partial charge in [-0.2, -0.15) is 0 Å².